The van der Waals surface area contributed by atoms with Gasteiger partial charge in [0.15, 0.2) is 0 Å². The van der Waals surface area contributed by atoms with Gasteiger partial charge in [-0.1, -0.05) is 19.8 Å². The van der Waals surface area contributed by atoms with E-state index in [9.17, 15) is 5.11 Å². The van der Waals surface area contributed by atoms with E-state index in [1.807, 2.05) is 0 Å². The second-order valence-corrected chi connectivity index (χ2v) is 3.01. The molecule has 0 rings (SSSR count). The van der Waals surface area contributed by atoms with E-state index in [4.69, 9.17) is 5.26 Å². The highest BCUT2D eigenvalue weighted by Crippen LogP contribution is 2.16. The average molecular weight is 155 g/mol. The highest BCUT2D eigenvalue weighted by atomic mass is 16.3. The standard InChI is InChI=1S/C9H17NO/c1-3-4-5-9(6-7-10)8(2)11/h8-9,11H,3-6H2,1-2H3/t8-,9-/m0/s1. The molecule has 0 saturated carbocycles. The first-order chi connectivity index (χ1) is 5.22. The monoisotopic (exact) mass is 155 g/mol. The summed E-state index contributed by atoms with van der Waals surface area (Å²) in [6.07, 6.45) is 3.37. The number of unbranched alkanes of at least 4 members (excludes halogenated alkanes) is 1. The van der Waals surface area contributed by atoms with E-state index in [1.54, 1.807) is 6.92 Å². The van der Waals surface area contributed by atoms with E-state index in [-0.39, 0.29) is 12.0 Å². The lowest BCUT2D eigenvalue weighted by molar-refractivity contribution is 0.121. The molecule has 0 aliphatic heterocycles. The molecule has 0 bridgehead atoms. The van der Waals surface area contributed by atoms with Crippen LogP contribution in [0, 0.1) is 17.2 Å². The third kappa shape index (κ3) is 4.80. The Labute approximate surface area is 68.8 Å². The van der Waals surface area contributed by atoms with E-state index < -0.39 is 0 Å². The van der Waals surface area contributed by atoms with Crippen LogP contribution in [0.5, 0.6) is 0 Å². The Morgan fingerprint density at radius 2 is 2.18 bits per heavy atom. The van der Waals surface area contributed by atoms with Gasteiger partial charge in [-0.2, -0.15) is 5.26 Å². The van der Waals surface area contributed by atoms with Crippen molar-refractivity contribution < 1.29 is 5.11 Å². The maximum Gasteiger partial charge on any atom is 0.0625 e. The quantitative estimate of drug-likeness (QED) is 0.660. The summed E-state index contributed by atoms with van der Waals surface area (Å²) in [6, 6.07) is 2.10. The first-order valence-electron chi connectivity index (χ1n) is 4.27. The van der Waals surface area contributed by atoms with Crippen molar-refractivity contribution in [2.75, 3.05) is 0 Å². The van der Waals surface area contributed by atoms with E-state index in [0.29, 0.717) is 6.42 Å². The third-order valence-electron chi connectivity index (χ3n) is 1.96. The molecule has 1 N–H and O–H groups in total. The molecule has 0 unspecified atom stereocenters. The number of rotatable bonds is 5. The second kappa shape index (κ2) is 6.18. The predicted octanol–water partition coefficient (Wildman–Crippen LogP) is 2.09. The van der Waals surface area contributed by atoms with Crippen LogP contribution < -0.4 is 0 Å². The van der Waals surface area contributed by atoms with Crippen molar-refractivity contribution in [2.45, 2.75) is 45.6 Å². The summed E-state index contributed by atoms with van der Waals surface area (Å²) in [4.78, 5) is 0. The molecule has 0 spiro atoms. The summed E-state index contributed by atoms with van der Waals surface area (Å²) in [5.74, 6) is 0.181. The van der Waals surface area contributed by atoms with E-state index in [2.05, 4.69) is 13.0 Å². The van der Waals surface area contributed by atoms with Crippen molar-refractivity contribution in [1.29, 1.82) is 5.26 Å². The Hall–Kier alpha value is -0.550. The minimum atomic E-state index is -0.332. The number of aliphatic hydroxyl groups is 1. The lowest BCUT2D eigenvalue weighted by Gasteiger charge is -2.15. The molecule has 0 aliphatic rings. The number of nitriles is 1. The zero-order chi connectivity index (χ0) is 8.69. The topological polar surface area (TPSA) is 44.0 Å². The van der Waals surface area contributed by atoms with Crippen LogP contribution in [-0.2, 0) is 0 Å². The van der Waals surface area contributed by atoms with Crippen molar-refractivity contribution >= 4 is 0 Å². The predicted molar refractivity (Wildman–Crippen MR) is 44.9 cm³/mol. The molecule has 0 radical (unpaired) electrons. The minimum Gasteiger partial charge on any atom is -0.393 e. The molecular weight excluding hydrogens is 138 g/mol. The molecule has 0 amide bonds. The van der Waals surface area contributed by atoms with Gasteiger partial charge in [-0.05, 0) is 19.3 Å². The van der Waals surface area contributed by atoms with Gasteiger partial charge in [0, 0.05) is 6.42 Å². The van der Waals surface area contributed by atoms with Crippen molar-refractivity contribution in [3.8, 4) is 6.07 Å². The zero-order valence-electron chi connectivity index (χ0n) is 7.38. The van der Waals surface area contributed by atoms with Gasteiger partial charge in [-0.3, -0.25) is 0 Å². The Kier molecular flexibility index (Phi) is 5.87. The Balaban J connectivity index is 3.62. The van der Waals surface area contributed by atoms with E-state index >= 15 is 0 Å². The SMILES string of the molecule is CCCC[C@@H](CC#N)[C@H](C)O. The first kappa shape index (κ1) is 10.4. The molecule has 0 aromatic rings. The maximum absolute atomic E-state index is 9.22. The number of hydrogen-bond donors (Lipinski definition) is 1. The lowest BCUT2D eigenvalue weighted by atomic mass is 9.94. The van der Waals surface area contributed by atoms with E-state index in [0.717, 1.165) is 19.3 Å². The van der Waals surface area contributed by atoms with Gasteiger partial charge >= 0.3 is 0 Å². The molecule has 0 aliphatic carbocycles. The Morgan fingerprint density at radius 1 is 1.55 bits per heavy atom. The highest BCUT2D eigenvalue weighted by Gasteiger charge is 2.12. The zero-order valence-corrected chi connectivity index (χ0v) is 7.38. The normalized spacial score (nSPS) is 15.5. The van der Waals surface area contributed by atoms with Crippen LogP contribution in [0.1, 0.15) is 39.5 Å². The van der Waals surface area contributed by atoms with Crippen molar-refractivity contribution in [3.63, 3.8) is 0 Å². The molecule has 0 aromatic heterocycles. The van der Waals surface area contributed by atoms with Gasteiger partial charge in [0.05, 0.1) is 12.2 Å². The third-order valence-corrected chi connectivity index (χ3v) is 1.96. The molecular formula is C9H17NO. The fourth-order valence-electron chi connectivity index (χ4n) is 1.10. The summed E-state index contributed by atoms with van der Waals surface area (Å²) in [7, 11) is 0. The Bertz CT molecular complexity index is 126. The van der Waals surface area contributed by atoms with Crippen LogP contribution in [0.15, 0.2) is 0 Å². The fourth-order valence-corrected chi connectivity index (χ4v) is 1.10. The minimum absolute atomic E-state index is 0.181. The van der Waals surface area contributed by atoms with Crippen LogP contribution >= 0.6 is 0 Å². The van der Waals surface area contributed by atoms with Gasteiger partial charge in [0.25, 0.3) is 0 Å². The van der Waals surface area contributed by atoms with E-state index in [1.165, 1.54) is 0 Å². The summed E-state index contributed by atoms with van der Waals surface area (Å²) in [5, 5.41) is 17.6. The van der Waals surface area contributed by atoms with Crippen molar-refractivity contribution in [1.82, 2.24) is 0 Å². The number of hydrogen-bond acceptors (Lipinski definition) is 2. The largest absolute Gasteiger partial charge is 0.393 e. The summed E-state index contributed by atoms with van der Waals surface area (Å²) in [6.45, 7) is 3.88. The molecule has 0 saturated heterocycles. The van der Waals surface area contributed by atoms with Crippen molar-refractivity contribution in [2.24, 2.45) is 5.92 Å². The summed E-state index contributed by atoms with van der Waals surface area (Å²) >= 11 is 0. The van der Waals surface area contributed by atoms with Gasteiger partial charge in [-0.15, -0.1) is 0 Å². The lowest BCUT2D eigenvalue weighted by Crippen LogP contribution is -2.15. The van der Waals surface area contributed by atoms with Crippen LogP contribution in [0.25, 0.3) is 0 Å². The first-order valence-corrected chi connectivity index (χ1v) is 4.27. The van der Waals surface area contributed by atoms with Gasteiger partial charge < -0.3 is 5.11 Å². The van der Waals surface area contributed by atoms with Gasteiger partial charge in [0.1, 0.15) is 0 Å². The molecule has 64 valence electrons. The van der Waals surface area contributed by atoms with Gasteiger partial charge in [-0.25, -0.2) is 0 Å². The smallest absolute Gasteiger partial charge is 0.0625 e. The van der Waals surface area contributed by atoms with Crippen LogP contribution in [0.4, 0.5) is 0 Å². The van der Waals surface area contributed by atoms with Crippen LogP contribution in [-0.4, -0.2) is 11.2 Å². The Morgan fingerprint density at radius 3 is 2.55 bits per heavy atom. The number of nitrogens with zero attached hydrogens (tertiary/aromatic N) is 1. The fraction of sp³-hybridized carbons (Fsp3) is 0.889. The molecule has 0 fully saturated rings. The maximum atomic E-state index is 9.22. The molecule has 0 aromatic carbocycles. The number of aliphatic hydroxyl groups excluding tert-OH is 1. The molecule has 2 atom stereocenters. The molecule has 2 heteroatoms. The average Bonchev–Trinajstić information content (AvgIpc) is 1.97. The second-order valence-electron chi connectivity index (χ2n) is 3.01. The van der Waals surface area contributed by atoms with Gasteiger partial charge in [0.2, 0.25) is 0 Å². The summed E-state index contributed by atoms with van der Waals surface area (Å²) in [5.41, 5.74) is 0. The molecule has 0 heterocycles. The van der Waals surface area contributed by atoms with Crippen molar-refractivity contribution in [3.05, 3.63) is 0 Å². The molecule has 11 heavy (non-hydrogen) atoms. The van der Waals surface area contributed by atoms with Crippen LogP contribution in [0.3, 0.4) is 0 Å². The van der Waals surface area contributed by atoms with Crippen LogP contribution in [0.2, 0.25) is 0 Å². The molecule has 2 nitrogen and oxygen atoms in total. The summed E-state index contributed by atoms with van der Waals surface area (Å²) < 4.78 is 0. The highest BCUT2D eigenvalue weighted by molar-refractivity contribution is 4.78.